The molecule has 1 saturated heterocycles. The van der Waals surface area contributed by atoms with Crippen LogP contribution in [0.3, 0.4) is 0 Å². The van der Waals surface area contributed by atoms with Gasteiger partial charge in [-0.05, 0) is 62.8 Å². The van der Waals surface area contributed by atoms with E-state index in [1.807, 2.05) is 49.0 Å². The fourth-order valence-electron chi connectivity index (χ4n) is 5.38. The molecule has 2 fully saturated rings. The third kappa shape index (κ3) is 5.58. The number of fused-ring (bicyclic) bond motifs is 1. The highest BCUT2D eigenvalue weighted by molar-refractivity contribution is 7.92. The van der Waals surface area contributed by atoms with Crippen molar-refractivity contribution in [2.75, 3.05) is 29.5 Å². The van der Waals surface area contributed by atoms with Gasteiger partial charge in [-0.15, -0.1) is 0 Å². The van der Waals surface area contributed by atoms with Gasteiger partial charge >= 0.3 is 0 Å². The number of ether oxygens (including phenoxy) is 1. The summed E-state index contributed by atoms with van der Waals surface area (Å²) < 4.78 is 36.4. The van der Waals surface area contributed by atoms with Gasteiger partial charge in [0.1, 0.15) is 23.4 Å². The normalized spacial score (nSPS) is 17.6. The average molecular weight is 578 g/mol. The van der Waals surface area contributed by atoms with Crippen molar-refractivity contribution in [2.45, 2.75) is 51.7 Å². The Bertz CT molecular complexity index is 1730. The number of hydrogen-bond donors (Lipinski definition) is 1. The number of imidazole rings is 1. The molecule has 1 atom stereocenters. The summed E-state index contributed by atoms with van der Waals surface area (Å²) in [5, 5.41) is 7.71. The van der Waals surface area contributed by atoms with Crippen LogP contribution in [0.5, 0.6) is 0 Å². The van der Waals surface area contributed by atoms with Crippen molar-refractivity contribution in [3.63, 3.8) is 0 Å². The lowest BCUT2D eigenvalue weighted by molar-refractivity contribution is -0.119. The van der Waals surface area contributed by atoms with E-state index in [0.717, 1.165) is 49.1 Å². The Labute approximate surface area is 239 Å². The summed E-state index contributed by atoms with van der Waals surface area (Å²) in [6, 6.07) is 7.47. The van der Waals surface area contributed by atoms with E-state index in [-0.39, 0.29) is 24.3 Å². The highest BCUT2D eigenvalue weighted by Gasteiger charge is 2.30. The molecule has 0 radical (unpaired) electrons. The second kappa shape index (κ2) is 10.6. The number of sulfonamides is 1. The number of aryl methyl sites for hydroxylation is 2. The highest BCUT2D eigenvalue weighted by atomic mass is 32.2. The molecule has 1 unspecified atom stereocenters. The van der Waals surface area contributed by atoms with Crippen molar-refractivity contribution in [3.05, 3.63) is 48.2 Å². The molecule has 11 nitrogen and oxygen atoms in total. The molecule has 3 aromatic heterocycles. The zero-order valence-corrected chi connectivity index (χ0v) is 24.6. The van der Waals surface area contributed by atoms with E-state index in [1.165, 1.54) is 17.6 Å². The molecule has 4 heterocycles. The third-order valence-corrected chi connectivity index (χ3v) is 9.04. The van der Waals surface area contributed by atoms with Crippen molar-refractivity contribution in [1.29, 1.82) is 0 Å². The van der Waals surface area contributed by atoms with Gasteiger partial charge in [-0.1, -0.05) is 6.07 Å². The molecule has 1 saturated carbocycles. The van der Waals surface area contributed by atoms with Gasteiger partial charge < -0.3 is 10.1 Å². The van der Waals surface area contributed by atoms with Gasteiger partial charge in [0.15, 0.2) is 5.65 Å². The van der Waals surface area contributed by atoms with Crippen molar-refractivity contribution < 1.29 is 17.9 Å². The maximum Gasteiger partial charge on any atom is 0.232 e. The number of carbonyl (C=O) groups is 1. The molecule has 0 spiro atoms. The molecule has 1 aliphatic carbocycles. The lowest BCUT2D eigenvalue weighted by atomic mass is 10.1. The minimum Gasteiger partial charge on any atom is -0.358 e. The number of carbonyl (C=O) groups excluding carboxylic acids is 1. The SMILES string of the molecule is Cc1nc2c(Nc3ccc(-c4cnn(C)c4)cc3N(C)S(C)(=O)=O)cc(CC(=O)C3CC3)nc2n1C1CCCCO1. The summed E-state index contributed by atoms with van der Waals surface area (Å²) in [4.78, 5) is 22.6. The molecule has 216 valence electrons. The standard InChI is InChI=1S/C29H35N7O4S/c1-18-31-28-24(14-22(15-26(37)19-8-9-19)32-29(28)36(18)27-7-5-6-12-40-27)33-23-11-10-20(21-16-30-34(2)17-21)13-25(23)35(3)41(4,38)39/h10-11,13-14,16-17,19,27H,5-9,12,15H2,1-4H3,(H,32,33). The second-order valence-electron chi connectivity index (χ2n) is 11.1. The molecule has 1 N–H and O–H groups in total. The summed E-state index contributed by atoms with van der Waals surface area (Å²) in [5.41, 5.74) is 5.37. The first kappa shape index (κ1) is 27.4. The molecule has 0 bridgehead atoms. The number of pyridine rings is 1. The van der Waals surface area contributed by atoms with Gasteiger partial charge in [0.05, 0.1) is 35.2 Å². The Kier molecular flexibility index (Phi) is 7.06. The fraction of sp³-hybridized carbons (Fsp3) is 0.448. The minimum atomic E-state index is -3.57. The first-order valence-corrected chi connectivity index (χ1v) is 15.8. The van der Waals surface area contributed by atoms with Crippen LogP contribution >= 0.6 is 0 Å². The topological polar surface area (TPSA) is 124 Å². The highest BCUT2D eigenvalue weighted by Crippen LogP contribution is 2.38. The van der Waals surface area contributed by atoms with Crippen LogP contribution in [0.4, 0.5) is 17.1 Å². The van der Waals surface area contributed by atoms with Gasteiger partial charge in [0, 0.05) is 44.8 Å². The molecule has 1 aliphatic heterocycles. The predicted molar refractivity (Wildman–Crippen MR) is 158 cm³/mol. The third-order valence-electron chi connectivity index (χ3n) is 7.85. The molecular formula is C29H35N7O4S. The van der Waals surface area contributed by atoms with Gasteiger partial charge in [-0.25, -0.2) is 18.4 Å². The van der Waals surface area contributed by atoms with Crippen molar-refractivity contribution in [3.8, 4) is 11.1 Å². The number of benzene rings is 1. The number of hydrogen-bond acceptors (Lipinski definition) is 8. The Balaban J connectivity index is 1.47. The van der Waals surface area contributed by atoms with Gasteiger partial charge in [0.2, 0.25) is 10.0 Å². The van der Waals surface area contributed by atoms with Crippen LogP contribution in [-0.2, 0) is 33.0 Å². The summed E-state index contributed by atoms with van der Waals surface area (Å²) >= 11 is 0. The summed E-state index contributed by atoms with van der Waals surface area (Å²) in [7, 11) is -0.204. The molecule has 41 heavy (non-hydrogen) atoms. The molecule has 6 rings (SSSR count). The quantitative estimate of drug-likeness (QED) is 0.308. The lowest BCUT2D eigenvalue weighted by Crippen LogP contribution is -2.25. The van der Waals surface area contributed by atoms with Crippen LogP contribution in [0.25, 0.3) is 22.3 Å². The average Bonchev–Trinajstić information content (AvgIpc) is 3.62. The Morgan fingerprint density at radius 2 is 1.93 bits per heavy atom. The van der Waals surface area contributed by atoms with E-state index in [9.17, 15) is 13.2 Å². The Morgan fingerprint density at radius 3 is 2.59 bits per heavy atom. The van der Waals surface area contributed by atoms with E-state index < -0.39 is 10.0 Å². The monoisotopic (exact) mass is 577 g/mol. The molecule has 4 aromatic rings. The molecule has 12 heteroatoms. The van der Waals surface area contributed by atoms with E-state index in [0.29, 0.717) is 40.5 Å². The van der Waals surface area contributed by atoms with E-state index >= 15 is 0 Å². The zero-order chi connectivity index (χ0) is 28.9. The largest absolute Gasteiger partial charge is 0.358 e. The van der Waals surface area contributed by atoms with Crippen LogP contribution in [0.1, 0.15) is 49.9 Å². The molecule has 0 amide bonds. The number of nitrogens with zero attached hydrogens (tertiary/aromatic N) is 6. The van der Waals surface area contributed by atoms with E-state index in [4.69, 9.17) is 14.7 Å². The minimum absolute atomic E-state index is 0.118. The summed E-state index contributed by atoms with van der Waals surface area (Å²) in [6.07, 6.45) is 9.67. The Hall–Kier alpha value is -3.77. The number of nitrogens with one attached hydrogen (secondary N) is 1. The van der Waals surface area contributed by atoms with E-state index in [2.05, 4.69) is 10.4 Å². The molecule has 2 aliphatic rings. The van der Waals surface area contributed by atoms with Crippen molar-refractivity contribution in [1.82, 2.24) is 24.3 Å². The predicted octanol–water partition coefficient (Wildman–Crippen LogP) is 4.50. The fourth-order valence-corrected chi connectivity index (χ4v) is 5.89. The van der Waals surface area contributed by atoms with Crippen LogP contribution in [0, 0.1) is 12.8 Å². The van der Waals surface area contributed by atoms with Crippen LogP contribution < -0.4 is 9.62 Å². The first-order chi connectivity index (χ1) is 19.6. The van der Waals surface area contributed by atoms with Crippen LogP contribution in [-0.4, -0.2) is 58.4 Å². The van der Waals surface area contributed by atoms with Crippen molar-refractivity contribution in [2.24, 2.45) is 13.0 Å². The number of aromatic nitrogens is 5. The van der Waals surface area contributed by atoms with Gasteiger partial charge in [-0.2, -0.15) is 5.10 Å². The van der Waals surface area contributed by atoms with E-state index in [1.54, 1.807) is 10.9 Å². The van der Waals surface area contributed by atoms with Crippen LogP contribution in [0.15, 0.2) is 36.7 Å². The second-order valence-corrected chi connectivity index (χ2v) is 13.1. The molecule has 1 aromatic carbocycles. The Morgan fingerprint density at radius 1 is 1.12 bits per heavy atom. The van der Waals surface area contributed by atoms with Gasteiger partial charge in [-0.3, -0.25) is 18.3 Å². The number of anilines is 3. The number of Topliss-reactive ketones (excluding diaryl/α,β-unsaturated/α-hetero) is 1. The molecular weight excluding hydrogens is 542 g/mol. The first-order valence-electron chi connectivity index (χ1n) is 14.0. The number of ketones is 1. The smallest absolute Gasteiger partial charge is 0.232 e. The zero-order valence-electron chi connectivity index (χ0n) is 23.8. The number of rotatable bonds is 9. The summed E-state index contributed by atoms with van der Waals surface area (Å²) in [5.74, 6) is 1.08. The lowest BCUT2D eigenvalue weighted by Gasteiger charge is -2.25. The van der Waals surface area contributed by atoms with Crippen molar-refractivity contribution >= 4 is 44.0 Å². The maximum atomic E-state index is 12.8. The maximum absolute atomic E-state index is 12.8. The van der Waals surface area contributed by atoms with Gasteiger partial charge in [0.25, 0.3) is 0 Å². The van der Waals surface area contributed by atoms with Crippen LogP contribution in [0.2, 0.25) is 0 Å². The summed E-state index contributed by atoms with van der Waals surface area (Å²) in [6.45, 7) is 2.61.